The highest BCUT2D eigenvalue weighted by Gasteiger charge is 2.22. The number of rotatable bonds is 12. The van der Waals surface area contributed by atoms with Gasteiger partial charge in [0.25, 0.3) is 0 Å². The first-order chi connectivity index (χ1) is 15.3. The fraction of sp³-hybridized carbons (Fsp3) is 0.318. The molecule has 2 amide bonds. The molecule has 0 aliphatic heterocycles. The Kier molecular flexibility index (Phi) is 10.3. The van der Waals surface area contributed by atoms with Crippen LogP contribution >= 0.6 is 0 Å². The molecule has 2 aromatic rings. The van der Waals surface area contributed by atoms with Crippen LogP contribution in [0.1, 0.15) is 18.4 Å². The maximum Gasteiger partial charge on any atom is 0.407 e. The number of amides is 2. The molecule has 0 radical (unpaired) electrons. The summed E-state index contributed by atoms with van der Waals surface area (Å²) < 4.78 is 17.2. The first kappa shape index (κ1) is 25.0. The van der Waals surface area contributed by atoms with Crippen molar-refractivity contribution in [3.8, 4) is 0 Å². The summed E-state index contributed by atoms with van der Waals surface area (Å²) in [6.07, 6.45) is -2.43. The van der Waals surface area contributed by atoms with E-state index in [1.165, 1.54) is 0 Å². The second-order valence-corrected chi connectivity index (χ2v) is 8.48. The van der Waals surface area contributed by atoms with E-state index in [0.29, 0.717) is 4.90 Å². The minimum atomic E-state index is -1.40. The molecule has 9 nitrogen and oxygen atoms in total. The summed E-state index contributed by atoms with van der Waals surface area (Å²) in [5.74, 6) is -1.91. The number of carboxylic acid groups (broad SMARTS) is 1. The lowest BCUT2D eigenvalue weighted by molar-refractivity contribution is -0.142. The van der Waals surface area contributed by atoms with E-state index >= 15 is 0 Å². The number of alkyl carbamates (subject to hydrolysis) is 1. The highest BCUT2D eigenvalue weighted by atomic mass is 32.2. The third kappa shape index (κ3) is 9.27. The van der Waals surface area contributed by atoms with Gasteiger partial charge in [-0.1, -0.05) is 48.5 Å². The van der Waals surface area contributed by atoms with Crippen LogP contribution in [0.3, 0.4) is 0 Å². The fourth-order valence-electron chi connectivity index (χ4n) is 2.69. The van der Waals surface area contributed by atoms with Gasteiger partial charge in [0.05, 0.1) is 23.3 Å². The monoisotopic (exact) mass is 462 g/mol. The molecule has 3 atom stereocenters. The van der Waals surface area contributed by atoms with Gasteiger partial charge in [-0.2, -0.15) is 0 Å². The molecule has 0 aliphatic carbocycles. The molecule has 0 saturated heterocycles. The Morgan fingerprint density at radius 3 is 2.25 bits per heavy atom. The largest absolute Gasteiger partial charge is 0.480 e. The maximum atomic E-state index is 12.2. The fourth-order valence-corrected chi connectivity index (χ4v) is 3.83. The summed E-state index contributed by atoms with van der Waals surface area (Å²) in [6.45, 7) is -0.176. The molecule has 0 aliphatic rings. The first-order valence-electron chi connectivity index (χ1n) is 9.93. The molecule has 0 bridgehead atoms. The van der Waals surface area contributed by atoms with E-state index in [0.717, 1.165) is 5.56 Å². The van der Waals surface area contributed by atoms with E-state index in [2.05, 4.69) is 10.6 Å². The Morgan fingerprint density at radius 2 is 1.62 bits per heavy atom. The Bertz CT molecular complexity index is 909. The van der Waals surface area contributed by atoms with Gasteiger partial charge in [-0.25, -0.2) is 9.59 Å². The summed E-state index contributed by atoms with van der Waals surface area (Å²) in [7, 11) is -1.40. The van der Waals surface area contributed by atoms with Gasteiger partial charge in [-0.05, 0) is 24.1 Å². The number of nitrogens with one attached hydrogen (secondary N) is 2. The predicted octanol–water partition coefficient (Wildman–Crippen LogP) is 1.43. The average Bonchev–Trinajstić information content (AvgIpc) is 2.79. The van der Waals surface area contributed by atoms with Crippen molar-refractivity contribution in [2.24, 2.45) is 0 Å². The number of carbonyl (C=O) groups excluding carboxylic acids is 2. The number of carboxylic acids is 1. The standard InChI is InChI=1S/C22H26N2O7S/c25-17(14-23-22(29)31-15-16-7-3-1-4-8-16)13-20(26)24-19(21(27)28)11-12-32(30)18-9-5-2-6-10-18/h1-10,17,19,25H,11-15H2,(H,23,29)(H,24,26)(H,27,28)/t17-,19-,32-/m1/s1. The summed E-state index contributed by atoms with van der Waals surface area (Å²) in [5, 5.41) is 23.9. The van der Waals surface area contributed by atoms with E-state index in [1.807, 2.05) is 18.2 Å². The molecular weight excluding hydrogens is 436 g/mol. The molecule has 4 N–H and O–H groups in total. The molecule has 2 aromatic carbocycles. The van der Waals surface area contributed by atoms with Crippen molar-refractivity contribution >= 4 is 28.8 Å². The summed E-state index contributed by atoms with van der Waals surface area (Å²) in [5.41, 5.74) is 0.801. The van der Waals surface area contributed by atoms with E-state index in [4.69, 9.17) is 4.74 Å². The quantitative estimate of drug-likeness (QED) is 0.374. The van der Waals surface area contributed by atoms with Gasteiger partial charge in [-0.3, -0.25) is 9.00 Å². The third-order valence-corrected chi connectivity index (χ3v) is 5.75. The van der Waals surface area contributed by atoms with Gasteiger partial charge < -0.3 is 25.6 Å². The van der Waals surface area contributed by atoms with Crippen LogP contribution in [0.5, 0.6) is 0 Å². The number of ether oxygens (including phenoxy) is 1. The highest BCUT2D eigenvalue weighted by molar-refractivity contribution is 7.85. The molecule has 2 rings (SSSR count). The van der Waals surface area contributed by atoms with Crippen molar-refractivity contribution in [3.63, 3.8) is 0 Å². The van der Waals surface area contributed by atoms with E-state index in [1.54, 1.807) is 42.5 Å². The summed E-state index contributed by atoms with van der Waals surface area (Å²) >= 11 is 0. The van der Waals surface area contributed by atoms with Crippen LogP contribution in [0.15, 0.2) is 65.6 Å². The smallest absolute Gasteiger partial charge is 0.407 e. The molecular formula is C22H26N2O7S. The van der Waals surface area contributed by atoms with Crippen molar-refractivity contribution in [1.82, 2.24) is 10.6 Å². The lowest BCUT2D eigenvalue weighted by Crippen LogP contribution is -2.44. The van der Waals surface area contributed by atoms with Crippen molar-refractivity contribution in [2.45, 2.75) is 36.5 Å². The van der Waals surface area contributed by atoms with Crippen LogP contribution < -0.4 is 10.6 Å². The normalized spacial score (nSPS) is 13.4. The number of hydrogen-bond donors (Lipinski definition) is 4. The Labute approximate surface area is 188 Å². The number of benzene rings is 2. The van der Waals surface area contributed by atoms with Crippen LogP contribution in [0.2, 0.25) is 0 Å². The summed E-state index contributed by atoms with van der Waals surface area (Å²) in [6, 6.07) is 16.4. The maximum absolute atomic E-state index is 12.2. The SMILES string of the molecule is O=C(C[C@@H](O)CNC(=O)OCc1ccccc1)N[C@H](CC[S@@](=O)c1ccccc1)C(=O)O. The van der Waals surface area contributed by atoms with Crippen LogP contribution in [0.25, 0.3) is 0 Å². The molecule has 0 spiro atoms. The molecule has 0 unspecified atom stereocenters. The van der Waals surface area contributed by atoms with Gasteiger partial charge in [0.15, 0.2) is 0 Å². The zero-order valence-corrected chi connectivity index (χ0v) is 18.1. The average molecular weight is 463 g/mol. The Hall–Kier alpha value is -3.24. The van der Waals surface area contributed by atoms with Gasteiger partial charge >= 0.3 is 12.1 Å². The highest BCUT2D eigenvalue weighted by Crippen LogP contribution is 2.08. The van der Waals surface area contributed by atoms with Gasteiger partial charge in [0.1, 0.15) is 12.6 Å². The molecule has 0 aromatic heterocycles. The van der Waals surface area contributed by atoms with Crippen LogP contribution in [-0.2, 0) is 31.7 Å². The summed E-state index contributed by atoms with van der Waals surface area (Å²) in [4.78, 5) is 35.8. The number of hydrogen-bond acceptors (Lipinski definition) is 6. The third-order valence-electron chi connectivity index (χ3n) is 4.35. The number of aliphatic hydroxyl groups excluding tert-OH is 1. The van der Waals surface area contributed by atoms with Gasteiger partial charge in [-0.15, -0.1) is 0 Å². The Balaban J connectivity index is 1.70. The van der Waals surface area contributed by atoms with Crippen molar-refractivity contribution in [2.75, 3.05) is 12.3 Å². The molecule has 0 fully saturated rings. The van der Waals surface area contributed by atoms with E-state index in [9.17, 15) is 28.8 Å². The lowest BCUT2D eigenvalue weighted by atomic mass is 10.2. The minimum Gasteiger partial charge on any atom is -0.480 e. The number of aliphatic hydroxyl groups is 1. The van der Waals surface area contributed by atoms with Crippen LogP contribution in [0.4, 0.5) is 4.79 Å². The van der Waals surface area contributed by atoms with Gasteiger partial charge in [0, 0.05) is 17.2 Å². The molecule has 32 heavy (non-hydrogen) atoms. The number of aliphatic carboxylic acids is 1. The lowest BCUT2D eigenvalue weighted by Gasteiger charge is -2.16. The van der Waals surface area contributed by atoms with Crippen LogP contribution in [0, 0.1) is 0 Å². The molecule has 0 saturated carbocycles. The zero-order valence-electron chi connectivity index (χ0n) is 17.3. The number of carbonyl (C=O) groups is 3. The molecule has 172 valence electrons. The van der Waals surface area contributed by atoms with Crippen molar-refractivity contribution in [3.05, 3.63) is 66.2 Å². The van der Waals surface area contributed by atoms with Gasteiger partial charge in [0.2, 0.25) is 5.91 Å². The van der Waals surface area contributed by atoms with E-state index < -0.39 is 47.3 Å². The second-order valence-electron chi connectivity index (χ2n) is 6.91. The molecule has 0 heterocycles. The predicted molar refractivity (Wildman–Crippen MR) is 117 cm³/mol. The second kappa shape index (κ2) is 13.2. The minimum absolute atomic E-state index is 0.0390. The zero-order chi connectivity index (χ0) is 23.3. The topological polar surface area (TPSA) is 142 Å². The first-order valence-corrected chi connectivity index (χ1v) is 11.2. The Morgan fingerprint density at radius 1 is 1.00 bits per heavy atom. The van der Waals surface area contributed by atoms with E-state index in [-0.39, 0.29) is 25.3 Å². The van der Waals surface area contributed by atoms with Crippen molar-refractivity contribution < 1.29 is 33.5 Å². The van der Waals surface area contributed by atoms with Crippen molar-refractivity contribution in [1.29, 1.82) is 0 Å². The molecule has 10 heteroatoms. The van der Waals surface area contributed by atoms with Crippen LogP contribution in [-0.4, -0.2) is 56.8 Å².